The summed E-state index contributed by atoms with van der Waals surface area (Å²) in [5.74, 6) is 0. The molecule has 1 aliphatic rings. The van der Waals surface area contributed by atoms with E-state index in [1.165, 1.54) is 12.1 Å². The van der Waals surface area contributed by atoms with Gasteiger partial charge in [-0.25, -0.2) is 8.42 Å². The lowest BCUT2D eigenvalue weighted by molar-refractivity contribution is -0.384. The highest BCUT2D eigenvalue weighted by Gasteiger charge is 2.52. The Hall–Kier alpha value is -2.43. The maximum absolute atomic E-state index is 12.7. The lowest BCUT2D eigenvalue weighted by atomic mass is 9.78. The van der Waals surface area contributed by atoms with Gasteiger partial charge in [0.05, 0.1) is 21.0 Å². The van der Waals surface area contributed by atoms with E-state index in [0.717, 1.165) is 12.1 Å². The highest BCUT2D eigenvalue weighted by atomic mass is 32.2. The molecular weight excluding hydrogens is 383 g/mol. The van der Waals surface area contributed by atoms with Gasteiger partial charge in [0.25, 0.3) is 15.7 Å². The average molecular weight is 404 g/mol. The maximum atomic E-state index is 12.7. The number of nitro groups is 1. The fourth-order valence-electron chi connectivity index (χ4n) is 2.72. The number of hydrogen-bond acceptors (Lipinski definition) is 6. The van der Waals surface area contributed by atoms with Gasteiger partial charge < -0.3 is 9.31 Å². The molecule has 1 aliphatic heterocycles. The quantitative estimate of drug-likeness (QED) is 0.467. The summed E-state index contributed by atoms with van der Waals surface area (Å²) in [4.78, 5) is 10.1. The van der Waals surface area contributed by atoms with E-state index >= 15 is 0 Å². The molecule has 1 heterocycles. The third-order valence-corrected chi connectivity index (χ3v) is 6.45. The van der Waals surface area contributed by atoms with Crippen LogP contribution in [0.2, 0.25) is 0 Å². The van der Waals surface area contributed by atoms with Crippen LogP contribution >= 0.6 is 0 Å². The van der Waals surface area contributed by atoms with E-state index in [0.29, 0.717) is 11.2 Å². The first-order valence-electron chi connectivity index (χ1n) is 8.65. The Labute approximate surface area is 164 Å². The van der Waals surface area contributed by atoms with E-state index in [9.17, 15) is 18.5 Å². The smallest absolute Gasteiger partial charge is 0.399 e. The van der Waals surface area contributed by atoms with Gasteiger partial charge in [-0.1, -0.05) is 18.2 Å². The lowest BCUT2D eigenvalue weighted by Gasteiger charge is -2.32. The van der Waals surface area contributed by atoms with E-state index in [1.54, 1.807) is 24.3 Å². The Morgan fingerprint density at radius 3 is 2.04 bits per heavy atom. The summed E-state index contributed by atoms with van der Waals surface area (Å²) in [5, 5.41) is 10.8. The summed E-state index contributed by atoms with van der Waals surface area (Å²) in [5.41, 5.74) is -0.452. The summed E-state index contributed by atoms with van der Waals surface area (Å²) in [6.07, 6.45) is 0. The predicted molar refractivity (Wildman–Crippen MR) is 106 cm³/mol. The zero-order chi connectivity index (χ0) is 20.7. The molecule has 0 radical (unpaired) electrons. The molecule has 0 bridgehead atoms. The molecule has 148 valence electrons. The molecule has 1 fully saturated rings. The van der Waals surface area contributed by atoms with Crippen LogP contribution < -0.4 is 10.2 Å². The molecule has 28 heavy (non-hydrogen) atoms. The number of nitrogens with one attached hydrogen (secondary N) is 1. The lowest BCUT2D eigenvalue weighted by Crippen LogP contribution is -2.41. The van der Waals surface area contributed by atoms with Crippen LogP contribution in [0.15, 0.2) is 53.4 Å². The highest BCUT2D eigenvalue weighted by Crippen LogP contribution is 2.37. The molecule has 10 heteroatoms. The van der Waals surface area contributed by atoms with Crippen LogP contribution in [-0.2, 0) is 19.3 Å². The second kappa shape index (κ2) is 6.87. The Bertz CT molecular complexity index is 989. The van der Waals surface area contributed by atoms with Gasteiger partial charge in [-0.2, -0.15) is 0 Å². The van der Waals surface area contributed by atoms with E-state index in [2.05, 4.69) is 4.72 Å². The molecule has 8 nitrogen and oxygen atoms in total. The molecule has 2 aromatic carbocycles. The van der Waals surface area contributed by atoms with Gasteiger partial charge in [0.15, 0.2) is 0 Å². The van der Waals surface area contributed by atoms with E-state index in [4.69, 9.17) is 9.31 Å². The van der Waals surface area contributed by atoms with Crippen LogP contribution in [0.3, 0.4) is 0 Å². The zero-order valence-electron chi connectivity index (χ0n) is 16.0. The Kier molecular flexibility index (Phi) is 4.99. The van der Waals surface area contributed by atoms with Gasteiger partial charge >= 0.3 is 7.12 Å². The number of non-ortho nitro benzene ring substituents is 1. The van der Waals surface area contributed by atoms with Crippen LogP contribution in [0, 0.1) is 10.1 Å². The first kappa shape index (κ1) is 20.3. The topological polar surface area (TPSA) is 108 Å². The third-order valence-electron chi connectivity index (χ3n) is 5.07. The molecule has 0 saturated carbocycles. The van der Waals surface area contributed by atoms with Gasteiger partial charge in [0.1, 0.15) is 0 Å². The molecule has 1 saturated heterocycles. The number of rotatable bonds is 5. The van der Waals surface area contributed by atoms with Gasteiger partial charge in [0.2, 0.25) is 0 Å². The average Bonchev–Trinajstić information content (AvgIpc) is 2.82. The molecule has 1 N–H and O–H groups in total. The Balaban J connectivity index is 1.90. The van der Waals surface area contributed by atoms with Crippen LogP contribution in [0.25, 0.3) is 0 Å². The van der Waals surface area contributed by atoms with E-state index in [-0.39, 0.29) is 10.6 Å². The molecule has 0 amide bonds. The minimum Gasteiger partial charge on any atom is -0.399 e. The van der Waals surface area contributed by atoms with Crippen LogP contribution in [-0.4, -0.2) is 31.7 Å². The standard InChI is InChI=1S/C18H21BN2O6S/c1-17(2)18(3,4)27-19(26-17)15-7-5-6-8-16(15)20-28(24,25)14-11-9-13(10-12-14)21(22)23/h5-12,20H,1-4H3. The normalized spacial score (nSPS) is 18.1. The summed E-state index contributed by atoms with van der Waals surface area (Å²) in [6.45, 7) is 7.65. The molecule has 3 rings (SSSR count). The number of anilines is 1. The van der Waals surface area contributed by atoms with Crippen molar-refractivity contribution < 1.29 is 22.6 Å². The fraction of sp³-hybridized carbons (Fsp3) is 0.333. The number of benzene rings is 2. The van der Waals surface area contributed by atoms with Crippen molar-refractivity contribution in [1.82, 2.24) is 0 Å². The SMILES string of the molecule is CC1(C)OB(c2ccccc2NS(=O)(=O)c2ccc([N+](=O)[O-])cc2)OC1(C)C. The summed E-state index contributed by atoms with van der Waals surface area (Å²) >= 11 is 0. The molecule has 0 spiro atoms. The van der Waals surface area contributed by atoms with Gasteiger partial charge in [-0.05, 0) is 45.9 Å². The van der Waals surface area contributed by atoms with Crippen molar-refractivity contribution in [2.75, 3.05) is 4.72 Å². The van der Waals surface area contributed by atoms with E-state index in [1.807, 2.05) is 27.7 Å². The summed E-state index contributed by atoms with van der Waals surface area (Å²) in [6, 6.07) is 11.5. The minimum atomic E-state index is -3.95. The predicted octanol–water partition coefficient (Wildman–Crippen LogP) is 2.69. The van der Waals surface area contributed by atoms with Crippen molar-refractivity contribution in [1.29, 1.82) is 0 Å². The number of para-hydroxylation sites is 1. The van der Waals surface area contributed by atoms with Gasteiger partial charge in [0, 0.05) is 23.3 Å². The van der Waals surface area contributed by atoms with Crippen LogP contribution in [0.5, 0.6) is 0 Å². The van der Waals surface area contributed by atoms with Crippen molar-refractivity contribution >= 4 is 34.0 Å². The monoisotopic (exact) mass is 404 g/mol. The molecule has 0 aliphatic carbocycles. The first-order valence-corrected chi connectivity index (χ1v) is 10.1. The number of nitrogens with zero attached hydrogens (tertiary/aromatic N) is 1. The molecule has 0 atom stereocenters. The summed E-state index contributed by atoms with van der Waals surface area (Å²) in [7, 11) is -4.68. The largest absolute Gasteiger partial charge is 0.496 e. The molecule has 2 aromatic rings. The molecule has 0 aromatic heterocycles. The van der Waals surface area contributed by atoms with Crippen molar-refractivity contribution in [3.8, 4) is 0 Å². The first-order chi connectivity index (χ1) is 12.9. The Morgan fingerprint density at radius 2 is 1.50 bits per heavy atom. The van der Waals surface area contributed by atoms with Gasteiger partial charge in [-0.15, -0.1) is 0 Å². The van der Waals surface area contributed by atoms with Crippen LogP contribution in [0.1, 0.15) is 27.7 Å². The second-order valence-electron chi connectivity index (χ2n) is 7.53. The van der Waals surface area contributed by atoms with Crippen molar-refractivity contribution in [2.24, 2.45) is 0 Å². The number of nitro benzene ring substituents is 1. The third kappa shape index (κ3) is 3.75. The van der Waals surface area contributed by atoms with E-state index < -0.39 is 33.3 Å². The number of sulfonamides is 1. The van der Waals surface area contributed by atoms with Gasteiger partial charge in [-0.3, -0.25) is 14.8 Å². The molecule has 0 unspecified atom stereocenters. The van der Waals surface area contributed by atoms with Crippen LogP contribution in [0.4, 0.5) is 11.4 Å². The van der Waals surface area contributed by atoms with Crippen molar-refractivity contribution in [3.05, 3.63) is 58.6 Å². The second-order valence-corrected chi connectivity index (χ2v) is 9.21. The molecular formula is C18H21BN2O6S. The Morgan fingerprint density at radius 1 is 0.964 bits per heavy atom. The summed E-state index contributed by atoms with van der Waals surface area (Å²) < 4.78 is 40.1. The van der Waals surface area contributed by atoms with Crippen molar-refractivity contribution in [3.63, 3.8) is 0 Å². The fourth-order valence-corrected chi connectivity index (χ4v) is 3.80. The number of hydrogen-bond donors (Lipinski definition) is 1. The maximum Gasteiger partial charge on any atom is 0.496 e. The minimum absolute atomic E-state index is 0.0816. The van der Waals surface area contributed by atoms with Crippen molar-refractivity contribution in [2.45, 2.75) is 43.8 Å². The highest BCUT2D eigenvalue weighted by molar-refractivity contribution is 7.92. The zero-order valence-corrected chi connectivity index (χ0v) is 16.8.